The summed E-state index contributed by atoms with van der Waals surface area (Å²) in [6.45, 7) is 7.76. The van der Waals surface area contributed by atoms with Crippen LogP contribution >= 0.6 is 0 Å². The van der Waals surface area contributed by atoms with E-state index in [4.69, 9.17) is 10.5 Å². The van der Waals surface area contributed by atoms with Gasteiger partial charge in [-0.05, 0) is 37.1 Å². The number of ether oxygens (including phenoxy) is 1. The second-order valence-corrected chi connectivity index (χ2v) is 6.08. The Labute approximate surface area is 135 Å². The van der Waals surface area contributed by atoms with Crippen LogP contribution in [0.15, 0.2) is 24.3 Å². The topological polar surface area (TPSA) is 50.5 Å². The Kier molecular flexibility index (Phi) is 8.49. The summed E-state index contributed by atoms with van der Waals surface area (Å²) in [7, 11) is 0. The van der Waals surface area contributed by atoms with Crippen LogP contribution in [-0.2, 0) is 17.8 Å². The highest BCUT2D eigenvalue weighted by Gasteiger charge is 2.10. The summed E-state index contributed by atoms with van der Waals surface area (Å²) in [5, 5.41) is 3.52. The molecule has 124 valence electrons. The van der Waals surface area contributed by atoms with Crippen LogP contribution in [0.5, 0.6) is 0 Å². The van der Waals surface area contributed by atoms with Crippen molar-refractivity contribution < 1.29 is 4.74 Å². The molecule has 0 atom stereocenters. The molecule has 1 aliphatic heterocycles. The van der Waals surface area contributed by atoms with Gasteiger partial charge in [-0.25, -0.2) is 0 Å². The van der Waals surface area contributed by atoms with E-state index in [1.807, 2.05) is 0 Å². The number of nitrogens with one attached hydrogen (secondary N) is 1. The molecule has 1 aliphatic rings. The quantitative estimate of drug-likeness (QED) is 0.650. The van der Waals surface area contributed by atoms with Crippen molar-refractivity contribution in [1.29, 1.82) is 0 Å². The van der Waals surface area contributed by atoms with E-state index < -0.39 is 0 Å². The van der Waals surface area contributed by atoms with Crippen LogP contribution in [-0.4, -0.2) is 44.3 Å². The van der Waals surface area contributed by atoms with Gasteiger partial charge in [-0.15, -0.1) is 0 Å². The molecule has 0 amide bonds. The molecular weight excluding hydrogens is 274 g/mol. The minimum atomic E-state index is 0.824. The van der Waals surface area contributed by atoms with Gasteiger partial charge in [0, 0.05) is 26.2 Å². The fraction of sp³-hybridized carbons (Fsp3) is 0.667. The summed E-state index contributed by atoms with van der Waals surface area (Å²) in [5.41, 5.74) is 8.26. The first kappa shape index (κ1) is 17.4. The minimum Gasteiger partial charge on any atom is -0.379 e. The van der Waals surface area contributed by atoms with Crippen LogP contribution in [0.1, 0.15) is 36.8 Å². The molecule has 22 heavy (non-hydrogen) atoms. The third kappa shape index (κ3) is 6.88. The van der Waals surface area contributed by atoms with Gasteiger partial charge in [0.15, 0.2) is 0 Å². The first-order chi connectivity index (χ1) is 10.9. The second-order valence-electron chi connectivity index (χ2n) is 6.08. The molecule has 3 N–H and O–H groups in total. The van der Waals surface area contributed by atoms with E-state index in [-0.39, 0.29) is 0 Å². The standard InChI is InChI=1S/C18H31N3O/c19-9-3-1-2-4-10-20-15-17-5-7-18(8-6-17)16-21-11-13-22-14-12-21/h5-8,20H,1-4,9-16,19H2. The molecule has 0 radical (unpaired) electrons. The monoisotopic (exact) mass is 305 g/mol. The molecular formula is C18H31N3O. The third-order valence-electron chi connectivity index (χ3n) is 4.17. The molecule has 0 spiro atoms. The van der Waals surface area contributed by atoms with Gasteiger partial charge in [-0.1, -0.05) is 37.1 Å². The molecule has 1 fully saturated rings. The van der Waals surface area contributed by atoms with Gasteiger partial charge in [0.1, 0.15) is 0 Å². The van der Waals surface area contributed by atoms with Gasteiger partial charge in [0.2, 0.25) is 0 Å². The van der Waals surface area contributed by atoms with Crippen molar-refractivity contribution in [3.8, 4) is 0 Å². The maximum Gasteiger partial charge on any atom is 0.0594 e. The Morgan fingerprint density at radius 3 is 2.36 bits per heavy atom. The van der Waals surface area contributed by atoms with E-state index in [0.717, 1.165) is 58.9 Å². The molecule has 1 heterocycles. The molecule has 2 rings (SSSR count). The van der Waals surface area contributed by atoms with Crippen molar-refractivity contribution in [3.05, 3.63) is 35.4 Å². The fourth-order valence-corrected chi connectivity index (χ4v) is 2.76. The zero-order valence-corrected chi connectivity index (χ0v) is 13.7. The number of nitrogens with two attached hydrogens (primary N) is 1. The van der Waals surface area contributed by atoms with Crippen molar-refractivity contribution in [2.75, 3.05) is 39.4 Å². The smallest absolute Gasteiger partial charge is 0.0594 e. The lowest BCUT2D eigenvalue weighted by molar-refractivity contribution is 0.0342. The molecule has 0 saturated carbocycles. The summed E-state index contributed by atoms with van der Waals surface area (Å²) in [6, 6.07) is 9.01. The minimum absolute atomic E-state index is 0.824. The number of unbranched alkanes of at least 4 members (excludes halogenated alkanes) is 3. The fourth-order valence-electron chi connectivity index (χ4n) is 2.76. The maximum atomic E-state index is 5.49. The van der Waals surface area contributed by atoms with Crippen molar-refractivity contribution in [2.45, 2.75) is 38.8 Å². The van der Waals surface area contributed by atoms with Crippen LogP contribution in [0.2, 0.25) is 0 Å². The van der Waals surface area contributed by atoms with Gasteiger partial charge in [-0.2, -0.15) is 0 Å². The van der Waals surface area contributed by atoms with E-state index in [0.29, 0.717) is 0 Å². The highest BCUT2D eigenvalue weighted by molar-refractivity contribution is 5.22. The average Bonchev–Trinajstić information content (AvgIpc) is 2.56. The zero-order valence-electron chi connectivity index (χ0n) is 13.7. The number of nitrogens with zero attached hydrogens (tertiary/aromatic N) is 1. The molecule has 1 aromatic rings. The van der Waals surface area contributed by atoms with Crippen molar-refractivity contribution >= 4 is 0 Å². The number of benzene rings is 1. The molecule has 0 aliphatic carbocycles. The second kappa shape index (κ2) is 10.7. The predicted octanol–water partition coefficient (Wildman–Crippen LogP) is 2.13. The summed E-state index contributed by atoms with van der Waals surface area (Å²) in [5.74, 6) is 0. The Hall–Kier alpha value is -0.940. The summed E-state index contributed by atoms with van der Waals surface area (Å²) in [4.78, 5) is 2.46. The van der Waals surface area contributed by atoms with Crippen LogP contribution in [0, 0.1) is 0 Å². The van der Waals surface area contributed by atoms with E-state index in [1.165, 1.54) is 30.4 Å². The number of hydrogen-bond acceptors (Lipinski definition) is 4. The van der Waals surface area contributed by atoms with Crippen LogP contribution < -0.4 is 11.1 Å². The lowest BCUT2D eigenvalue weighted by Gasteiger charge is -2.26. The predicted molar refractivity (Wildman–Crippen MR) is 91.8 cm³/mol. The average molecular weight is 305 g/mol. The van der Waals surface area contributed by atoms with E-state index in [2.05, 4.69) is 34.5 Å². The van der Waals surface area contributed by atoms with Gasteiger partial charge in [-0.3, -0.25) is 4.90 Å². The SMILES string of the molecule is NCCCCCCNCc1ccc(CN2CCOCC2)cc1. The van der Waals surface area contributed by atoms with Crippen LogP contribution in [0.3, 0.4) is 0 Å². The summed E-state index contributed by atoms with van der Waals surface area (Å²) >= 11 is 0. The third-order valence-corrected chi connectivity index (χ3v) is 4.17. The molecule has 1 aromatic carbocycles. The number of hydrogen-bond donors (Lipinski definition) is 2. The van der Waals surface area contributed by atoms with E-state index >= 15 is 0 Å². The van der Waals surface area contributed by atoms with Crippen molar-refractivity contribution in [1.82, 2.24) is 10.2 Å². The van der Waals surface area contributed by atoms with Gasteiger partial charge < -0.3 is 15.8 Å². The summed E-state index contributed by atoms with van der Waals surface area (Å²) < 4.78 is 5.39. The van der Waals surface area contributed by atoms with Crippen molar-refractivity contribution in [2.24, 2.45) is 5.73 Å². The number of rotatable bonds is 10. The largest absolute Gasteiger partial charge is 0.379 e. The van der Waals surface area contributed by atoms with Crippen LogP contribution in [0.25, 0.3) is 0 Å². The van der Waals surface area contributed by atoms with Gasteiger partial charge in [0.05, 0.1) is 13.2 Å². The van der Waals surface area contributed by atoms with Crippen molar-refractivity contribution in [3.63, 3.8) is 0 Å². The molecule has 4 nitrogen and oxygen atoms in total. The first-order valence-corrected chi connectivity index (χ1v) is 8.67. The maximum absolute atomic E-state index is 5.49. The van der Waals surface area contributed by atoms with E-state index in [9.17, 15) is 0 Å². The molecule has 1 saturated heterocycles. The lowest BCUT2D eigenvalue weighted by atomic mass is 10.1. The Bertz CT molecular complexity index is 388. The zero-order chi connectivity index (χ0) is 15.5. The van der Waals surface area contributed by atoms with E-state index in [1.54, 1.807) is 0 Å². The molecule has 0 aromatic heterocycles. The number of morpholine rings is 1. The Balaban J connectivity index is 1.59. The Morgan fingerprint density at radius 2 is 1.64 bits per heavy atom. The normalized spacial score (nSPS) is 16.0. The van der Waals surface area contributed by atoms with Gasteiger partial charge >= 0.3 is 0 Å². The van der Waals surface area contributed by atoms with Gasteiger partial charge in [0.25, 0.3) is 0 Å². The molecule has 0 bridgehead atoms. The molecule has 4 heteroatoms. The Morgan fingerprint density at radius 1 is 0.955 bits per heavy atom. The highest BCUT2D eigenvalue weighted by atomic mass is 16.5. The van der Waals surface area contributed by atoms with Crippen LogP contribution in [0.4, 0.5) is 0 Å². The molecule has 0 unspecified atom stereocenters. The summed E-state index contributed by atoms with van der Waals surface area (Å²) in [6.07, 6.45) is 4.94. The highest BCUT2D eigenvalue weighted by Crippen LogP contribution is 2.09. The first-order valence-electron chi connectivity index (χ1n) is 8.67. The lowest BCUT2D eigenvalue weighted by Crippen LogP contribution is -2.35.